The molecule has 1 rings (SSSR count). The van der Waals surface area contributed by atoms with Gasteiger partial charge >= 0.3 is 0 Å². The van der Waals surface area contributed by atoms with E-state index in [0.717, 1.165) is 24.5 Å². The second kappa shape index (κ2) is 5.12. The maximum Gasteiger partial charge on any atom is 0.138 e. The zero-order valence-corrected chi connectivity index (χ0v) is 12.5. The number of hydrogen-bond acceptors (Lipinski definition) is 4. The monoisotopic (exact) mass is 250 g/mol. The minimum atomic E-state index is -0.0966. The average molecular weight is 250 g/mol. The molecule has 0 aromatic carbocycles. The topological polar surface area (TPSA) is 63.8 Å². The zero-order chi connectivity index (χ0) is 14.0. The van der Waals surface area contributed by atoms with Crippen LogP contribution in [0.2, 0.25) is 0 Å². The second-order valence-corrected chi connectivity index (χ2v) is 6.14. The summed E-state index contributed by atoms with van der Waals surface area (Å²) in [4.78, 5) is 8.90. The van der Waals surface area contributed by atoms with Gasteiger partial charge < -0.3 is 11.1 Å². The Morgan fingerprint density at radius 1 is 1.11 bits per heavy atom. The molecule has 0 amide bonds. The van der Waals surface area contributed by atoms with Gasteiger partial charge in [-0.05, 0) is 19.8 Å². The minimum absolute atomic E-state index is 0.0515. The number of nitrogen functional groups attached to an aromatic ring is 1. The Morgan fingerprint density at radius 3 is 2.11 bits per heavy atom. The number of aromatic nitrogens is 2. The van der Waals surface area contributed by atoms with Crippen LogP contribution in [0.4, 0.5) is 11.6 Å². The fraction of sp³-hybridized carbons (Fsp3) is 0.714. The van der Waals surface area contributed by atoms with Crippen molar-refractivity contribution in [2.45, 2.75) is 65.3 Å². The largest absolute Gasteiger partial charge is 0.384 e. The first-order valence-corrected chi connectivity index (χ1v) is 6.63. The molecule has 0 aliphatic heterocycles. The molecule has 18 heavy (non-hydrogen) atoms. The Hall–Kier alpha value is -1.32. The first-order chi connectivity index (χ1) is 8.20. The van der Waals surface area contributed by atoms with Crippen LogP contribution in [0.25, 0.3) is 0 Å². The predicted molar refractivity (Wildman–Crippen MR) is 77.8 cm³/mol. The number of hydrogen-bond donors (Lipinski definition) is 2. The van der Waals surface area contributed by atoms with Gasteiger partial charge in [0.05, 0.1) is 0 Å². The van der Waals surface area contributed by atoms with Gasteiger partial charge in [-0.3, -0.25) is 0 Å². The molecule has 1 heterocycles. The summed E-state index contributed by atoms with van der Waals surface area (Å²) in [6, 6.07) is 1.80. The highest BCUT2D eigenvalue weighted by molar-refractivity contribution is 5.47. The number of nitrogens with two attached hydrogens (primary N) is 1. The van der Waals surface area contributed by atoms with Crippen LogP contribution >= 0.6 is 0 Å². The lowest BCUT2D eigenvalue weighted by atomic mass is 9.95. The molecule has 0 atom stereocenters. The standard InChI is InChI=1S/C14H26N4/c1-7-14(6,8-2)18-11-9-10(15)16-12(17-11)13(3,4)5/h9H,7-8H2,1-6H3,(H3,15,16,17,18). The van der Waals surface area contributed by atoms with Gasteiger partial charge in [-0.15, -0.1) is 0 Å². The van der Waals surface area contributed by atoms with Gasteiger partial charge in [0, 0.05) is 17.0 Å². The van der Waals surface area contributed by atoms with E-state index in [1.165, 1.54) is 0 Å². The third kappa shape index (κ3) is 3.59. The fourth-order valence-corrected chi connectivity index (χ4v) is 1.60. The van der Waals surface area contributed by atoms with Crippen LogP contribution < -0.4 is 11.1 Å². The van der Waals surface area contributed by atoms with Crippen LogP contribution in [0.3, 0.4) is 0 Å². The highest BCUT2D eigenvalue weighted by atomic mass is 15.1. The lowest BCUT2D eigenvalue weighted by molar-refractivity contribution is 0.474. The zero-order valence-electron chi connectivity index (χ0n) is 12.5. The Labute approximate surface area is 110 Å². The maximum absolute atomic E-state index is 5.87. The summed E-state index contributed by atoms with van der Waals surface area (Å²) < 4.78 is 0. The summed E-state index contributed by atoms with van der Waals surface area (Å²) in [5.74, 6) is 2.12. The van der Waals surface area contributed by atoms with E-state index in [-0.39, 0.29) is 11.0 Å². The summed E-state index contributed by atoms with van der Waals surface area (Å²) in [7, 11) is 0. The molecule has 0 saturated carbocycles. The summed E-state index contributed by atoms with van der Waals surface area (Å²) >= 11 is 0. The molecule has 0 spiro atoms. The van der Waals surface area contributed by atoms with Crippen LogP contribution in [0.1, 0.15) is 60.2 Å². The number of nitrogens with zero attached hydrogens (tertiary/aromatic N) is 2. The summed E-state index contributed by atoms with van der Waals surface area (Å²) in [6.07, 6.45) is 2.08. The van der Waals surface area contributed by atoms with Crippen LogP contribution in [-0.2, 0) is 5.41 Å². The molecule has 3 N–H and O–H groups in total. The highest BCUT2D eigenvalue weighted by Gasteiger charge is 2.22. The SMILES string of the molecule is CCC(C)(CC)Nc1cc(N)nc(C(C)(C)C)n1. The van der Waals surface area contributed by atoms with E-state index < -0.39 is 0 Å². The van der Waals surface area contributed by atoms with Crippen molar-refractivity contribution < 1.29 is 0 Å². The van der Waals surface area contributed by atoms with Crippen LogP contribution in [-0.4, -0.2) is 15.5 Å². The number of anilines is 2. The predicted octanol–water partition coefficient (Wildman–Crippen LogP) is 3.35. The molecular formula is C14H26N4. The molecule has 1 aromatic rings. The van der Waals surface area contributed by atoms with E-state index in [9.17, 15) is 0 Å². The van der Waals surface area contributed by atoms with Gasteiger partial charge in [-0.25, -0.2) is 9.97 Å². The molecule has 4 nitrogen and oxygen atoms in total. The first-order valence-electron chi connectivity index (χ1n) is 6.63. The summed E-state index contributed by atoms with van der Waals surface area (Å²) in [6.45, 7) is 12.8. The average Bonchev–Trinajstić information content (AvgIpc) is 2.27. The molecule has 0 unspecified atom stereocenters. The van der Waals surface area contributed by atoms with E-state index in [0.29, 0.717) is 5.82 Å². The number of nitrogens with one attached hydrogen (secondary N) is 1. The molecule has 102 valence electrons. The fourth-order valence-electron chi connectivity index (χ4n) is 1.60. The van der Waals surface area contributed by atoms with Crippen molar-refractivity contribution in [2.75, 3.05) is 11.1 Å². The second-order valence-electron chi connectivity index (χ2n) is 6.14. The molecule has 0 aliphatic carbocycles. The third-order valence-electron chi connectivity index (χ3n) is 3.41. The minimum Gasteiger partial charge on any atom is -0.384 e. The molecule has 0 saturated heterocycles. The number of rotatable bonds is 4. The van der Waals surface area contributed by atoms with Crippen LogP contribution in [0.5, 0.6) is 0 Å². The van der Waals surface area contributed by atoms with Crippen molar-refractivity contribution in [1.29, 1.82) is 0 Å². The van der Waals surface area contributed by atoms with Gasteiger partial charge in [0.25, 0.3) is 0 Å². The van der Waals surface area contributed by atoms with Crippen LogP contribution in [0.15, 0.2) is 6.07 Å². The van der Waals surface area contributed by atoms with Gasteiger partial charge in [-0.2, -0.15) is 0 Å². The molecule has 4 heteroatoms. The summed E-state index contributed by atoms with van der Waals surface area (Å²) in [5, 5.41) is 3.48. The van der Waals surface area contributed by atoms with E-state index in [2.05, 4.69) is 56.8 Å². The Balaban J connectivity index is 3.08. The quantitative estimate of drug-likeness (QED) is 0.860. The smallest absolute Gasteiger partial charge is 0.138 e. The van der Waals surface area contributed by atoms with E-state index in [4.69, 9.17) is 5.73 Å². The molecule has 1 aromatic heterocycles. The Morgan fingerprint density at radius 2 is 1.67 bits per heavy atom. The van der Waals surface area contributed by atoms with Crippen molar-refractivity contribution in [2.24, 2.45) is 0 Å². The normalized spacial score (nSPS) is 12.6. The van der Waals surface area contributed by atoms with E-state index in [1.54, 1.807) is 6.07 Å². The molecule has 0 fully saturated rings. The van der Waals surface area contributed by atoms with Crippen molar-refractivity contribution in [3.05, 3.63) is 11.9 Å². The van der Waals surface area contributed by atoms with Crippen molar-refractivity contribution >= 4 is 11.6 Å². The van der Waals surface area contributed by atoms with E-state index >= 15 is 0 Å². The molecule has 0 radical (unpaired) electrons. The van der Waals surface area contributed by atoms with Crippen molar-refractivity contribution in [3.63, 3.8) is 0 Å². The van der Waals surface area contributed by atoms with Gasteiger partial charge in [0.2, 0.25) is 0 Å². The van der Waals surface area contributed by atoms with Gasteiger partial charge in [-0.1, -0.05) is 34.6 Å². The van der Waals surface area contributed by atoms with Crippen LogP contribution in [0, 0.1) is 0 Å². The van der Waals surface area contributed by atoms with Gasteiger partial charge in [0.1, 0.15) is 17.5 Å². The Bertz CT molecular complexity index is 403. The molecule has 0 bridgehead atoms. The molecular weight excluding hydrogens is 224 g/mol. The van der Waals surface area contributed by atoms with Crippen molar-refractivity contribution in [1.82, 2.24) is 9.97 Å². The third-order valence-corrected chi connectivity index (χ3v) is 3.41. The molecule has 0 aliphatic rings. The summed E-state index contributed by atoms with van der Waals surface area (Å²) in [5.41, 5.74) is 5.82. The van der Waals surface area contributed by atoms with Crippen molar-refractivity contribution in [3.8, 4) is 0 Å². The lowest BCUT2D eigenvalue weighted by Crippen LogP contribution is -2.34. The van der Waals surface area contributed by atoms with Gasteiger partial charge in [0.15, 0.2) is 0 Å². The first kappa shape index (κ1) is 14.7. The maximum atomic E-state index is 5.87. The van der Waals surface area contributed by atoms with E-state index in [1.807, 2.05) is 0 Å². The highest BCUT2D eigenvalue weighted by Crippen LogP contribution is 2.25. The lowest BCUT2D eigenvalue weighted by Gasteiger charge is -2.29. The Kier molecular flexibility index (Phi) is 4.20.